The molecule has 100 valence electrons. The van der Waals surface area contributed by atoms with Gasteiger partial charge in [0, 0.05) is 25.3 Å². The number of aryl methyl sites for hydroxylation is 1. The molecule has 0 bridgehead atoms. The van der Waals surface area contributed by atoms with Crippen LogP contribution in [0.25, 0.3) is 0 Å². The van der Waals surface area contributed by atoms with Crippen molar-refractivity contribution in [1.82, 2.24) is 9.88 Å². The van der Waals surface area contributed by atoms with Gasteiger partial charge in [0.25, 0.3) is 0 Å². The molecule has 0 saturated carbocycles. The molecule has 4 heteroatoms. The predicted octanol–water partition coefficient (Wildman–Crippen LogP) is 1.54. The summed E-state index contributed by atoms with van der Waals surface area (Å²) in [6.07, 6.45) is 0.990. The van der Waals surface area contributed by atoms with Crippen LogP contribution in [0.5, 0.6) is 0 Å². The van der Waals surface area contributed by atoms with Crippen molar-refractivity contribution in [3.63, 3.8) is 0 Å². The van der Waals surface area contributed by atoms with Crippen LogP contribution in [0.4, 0.5) is 5.69 Å². The molecule has 4 nitrogen and oxygen atoms in total. The number of nitrogens with zero attached hydrogens (tertiary/aromatic N) is 3. The SMILES string of the molecule is CCc1ccc(N2CCOCC2)c(CN(C)C)n1. The molecule has 1 aromatic rings. The van der Waals surface area contributed by atoms with E-state index in [1.54, 1.807) is 0 Å². The summed E-state index contributed by atoms with van der Waals surface area (Å²) in [6, 6.07) is 4.36. The minimum absolute atomic E-state index is 0.816. The molecule has 0 spiro atoms. The Bertz CT molecular complexity index is 387. The minimum atomic E-state index is 0.816. The minimum Gasteiger partial charge on any atom is -0.378 e. The average Bonchev–Trinajstić information content (AvgIpc) is 2.39. The molecule has 1 aliphatic rings. The van der Waals surface area contributed by atoms with E-state index in [2.05, 4.69) is 43.0 Å². The van der Waals surface area contributed by atoms with Crippen LogP contribution in [0.15, 0.2) is 12.1 Å². The fourth-order valence-electron chi connectivity index (χ4n) is 2.24. The molecule has 0 unspecified atom stereocenters. The van der Waals surface area contributed by atoms with Crippen LogP contribution in [-0.2, 0) is 17.7 Å². The summed E-state index contributed by atoms with van der Waals surface area (Å²) < 4.78 is 5.41. The second kappa shape index (κ2) is 6.16. The van der Waals surface area contributed by atoms with Crippen molar-refractivity contribution < 1.29 is 4.74 Å². The van der Waals surface area contributed by atoms with E-state index in [0.717, 1.165) is 39.3 Å². The Morgan fingerprint density at radius 1 is 1.28 bits per heavy atom. The summed E-state index contributed by atoms with van der Waals surface area (Å²) in [5, 5.41) is 0. The first-order valence-electron chi connectivity index (χ1n) is 6.67. The zero-order chi connectivity index (χ0) is 13.0. The highest BCUT2D eigenvalue weighted by Crippen LogP contribution is 2.21. The van der Waals surface area contributed by atoms with Gasteiger partial charge in [-0.05, 0) is 32.6 Å². The van der Waals surface area contributed by atoms with E-state index in [9.17, 15) is 0 Å². The lowest BCUT2D eigenvalue weighted by Crippen LogP contribution is -2.37. The third-order valence-corrected chi connectivity index (χ3v) is 3.19. The van der Waals surface area contributed by atoms with Crippen LogP contribution >= 0.6 is 0 Å². The molecule has 2 heterocycles. The van der Waals surface area contributed by atoms with E-state index >= 15 is 0 Å². The first kappa shape index (κ1) is 13.3. The number of pyridine rings is 1. The molecule has 2 rings (SSSR count). The molecule has 0 atom stereocenters. The number of hydrogen-bond donors (Lipinski definition) is 0. The number of ether oxygens (including phenoxy) is 1. The monoisotopic (exact) mass is 249 g/mol. The highest BCUT2D eigenvalue weighted by Gasteiger charge is 2.16. The quantitative estimate of drug-likeness (QED) is 0.809. The average molecular weight is 249 g/mol. The lowest BCUT2D eigenvalue weighted by molar-refractivity contribution is 0.122. The lowest BCUT2D eigenvalue weighted by atomic mass is 10.2. The van der Waals surface area contributed by atoms with Crippen molar-refractivity contribution in [1.29, 1.82) is 0 Å². The number of morpholine rings is 1. The standard InChI is InChI=1S/C14H23N3O/c1-4-12-5-6-14(13(15-12)11-16(2)3)17-7-9-18-10-8-17/h5-6H,4,7-11H2,1-3H3. The first-order valence-corrected chi connectivity index (χ1v) is 6.67. The highest BCUT2D eigenvalue weighted by atomic mass is 16.5. The van der Waals surface area contributed by atoms with Crippen molar-refractivity contribution in [2.45, 2.75) is 19.9 Å². The van der Waals surface area contributed by atoms with Gasteiger partial charge < -0.3 is 14.5 Å². The van der Waals surface area contributed by atoms with Crippen molar-refractivity contribution in [2.24, 2.45) is 0 Å². The molecular formula is C14H23N3O. The maximum atomic E-state index is 5.41. The molecule has 1 aliphatic heterocycles. The maximum absolute atomic E-state index is 5.41. The van der Waals surface area contributed by atoms with Crippen molar-refractivity contribution in [2.75, 3.05) is 45.3 Å². The molecule has 0 amide bonds. The van der Waals surface area contributed by atoms with Crippen LogP contribution in [0.2, 0.25) is 0 Å². The van der Waals surface area contributed by atoms with Gasteiger partial charge in [-0.3, -0.25) is 4.98 Å². The zero-order valence-corrected chi connectivity index (χ0v) is 11.6. The normalized spacial score (nSPS) is 16.3. The molecule has 0 radical (unpaired) electrons. The number of anilines is 1. The van der Waals surface area contributed by atoms with Gasteiger partial charge in [0.05, 0.1) is 24.6 Å². The summed E-state index contributed by atoms with van der Waals surface area (Å²) in [5.41, 5.74) is 3.62. The molecule has 1 aromatic heterocycles. The topological polar surface area (TPSA) is 28.6 Å². The van der Waals surface area contributed by atoms with Crippen LogP contribution in [-0.4, -0.2) is 50.3 Å². The Balaban J connectivity index is 2.25. The summed E-state index contributed by atoms with van der Waals surface area (Å²) in [5.74, 6) is 0. The fraction of sp³-hybridized carbons (Fsp3) is 0.643. The van der Waals surface area contributed by atoms with Gasteiger partial charge in [-0.2, -0.15) is 0 Å². The van der Waals surface area contributed by atoms with Gasteiger partial charge in [0.1, 0.15) is 0 Å². The van der Waals surface area contributed by atoms with Gasteiger partial charge in [0.15, 0.2) is 0 Å². The van der Waals surface area contributed by atoms with Crippen molar-refractivity contribution in [3.05, 3.63) is 23.5 Å². The van der Waals surface area contributed by atoms with Crippen molar-refractivity contribution >= 4 is 5.69 Å². The predicted molar refractivity (Wildman–Crippen MR) is 74.0 cm³/mol. The van der Waals surface area contributed by atoms with E-state index in [0.29, 0.717) is 0 Å². The second-order valence-corrected chi connectivity index (χ2v) is 4.96. The first-order chi connectivity index (χ1) is 8.70. The second-order valence-electron chi connectivity index (χ2n) is 4.96. The highest BCUT2D eigenvalue weighted by molar-refractivity contribution is 5.51. The molecule has 18 heavy (non-hydrogen) atoms. The van der Waals surface area contributed by atoms with Crippen molar-refractivity contribution in [3.8, 4) is 0 Å². The van der Waals surface area contributed by atoms with E-state index in [1.807, 2.05) is 0 Å². The van der Waals surface area contributed by atoms with Gasteiger partial charge in [-0.1, -0.05) is 6.92 Å². The van der Waals surface area contributed by atoms with E-state index in [-0.39, 0.29) is 0 Å². The lowest BCUT2D eigenvalue weighted by Gasteiger charge is -2.30. The van der Waals surface area contributed by atoms with Gasteiger partial charge in [-0.25, -0.2) is 0 Å². The van der Waals surface area contributed by atoms with E-state index < -0.39 is 0 Å². The summed E-state index contributed by atoms with van der Waals surface area (Å²) >= 11 is 0. The zero-order valence-electron chi connectivity index (χ0n) is 11.6. The van der Waals surface area contributed by atoms with Gasteiger partial charge in [0.2, 0.25) is 0 Å². The van der Waals surface area contributed by atoms with Crippen LogP contribution in [0, 0.1) is 0 Å². The molecule has 1 saturated heterocycles. The number of rotatable bonds is 4. The summed E-state index contributed by atoms with van der Waals surface area (Å²) in [7, 11) is 4.17. The Hall–Kier alpha value is -1.13. The Labute approximate surface area is 110 Å². The van der Waals surface area contributed by atoms with Gasteiger partial charge >= 0.3 is 0 Å². The third kappa shape index (κ3) is 3.21. The Morgan fingerprint density at radius 3 is 2.61 bits per heavy atom. The van der Waals surface area contributed by atoms with Crippen LogP contribution in [0.3, 0.4) is 0 Å². The molecule has 0 aliphatic carbocycles. The Morgan fingerprint density at radius 2 is 2.00 bits per heavy atom. The number of aromatic nitrogens is 1. The van der Waals surface area contributed by atoms with Crippen LogP contribution in [0.1, 0.15) is 18.3 Å². The Kier molecular flexibility index (Phi) is 4.55. The summed E-state index contributed by atoms with van der Waals surface area (Å²) in [6.45, 7) is 6.60. The summed E-state index contributed by atoms with van der Waals surface area (Å²) in [4.78, 5) is 9.34. The molecular weight excluding hydrogens is 226 g/mol. The maximum Gasteiger partial charge on any atom is 0.0779 e. The number of hydrogen-bond acceptors (Lipinski definition) is 4. The smallest absolute Gasteiger partial charge is 0.0779 e. The fourth-order valence-corrected chi connectivity index (χ4v) is 2.24. The third-order valence-electron chi connectivity index (χ3n) is 3.19. The molecule has 0 N–H and O–H groups in total. The van der Waals surface area contributed by atoms with E-state index in [4.69, 9.17) is 9.72 Å². The van der Waals surface area contributed by atoms with Crippen LogP contribution < -0.4 is 4.90 Å². The molecule has 1 fully saturated rings. The van der Waals surface area contributed by atoms with Gasteiger partial charge in [-0.15, -0.1) is 0 Å². The largest absolute Gasteiger partial charge is 0.378 e. The molecule has 0 aromatic carbocycles. The van der Waals surface area contributed by atoms with E-state index in [1.165, 1.54) is 17.1 Å².